The Kier molecular flexibility index (Phi) is 4.71. The fourth-order valence-electron chi connectivity index (χ4n) is 4.62. The van der Waals surface area contributed by atoms with E-state index in [2.05, 4.69) is 68.2 Å². The molecule has 1 aliphatic rings. The SMILES string of the molecule is B[PH]1(C[C@@H](C)O)[C@@H](c2ccccc2)CC[C@@H]1c1ccccc1. The minimum atomic E-state index is -1.64. The number of rotatable bonds is 4. The van der Waals surface area contributed by atoms with Crippen LogP contribution in [0.2, 0.25) is 0 Å². The Morgan fingerprint density at radius 2 is 1.36 bits per heavy atom. The van der Waals surface area contributed by atoms with Crippen molar-refractivity contribution in [3.05, 3.63) is 71.8 Å². The van der Waals surface area contributed by atoms with Crippen molar-refractivity contribution in [2.75, 3.05) is 6.16 Å². The summed E-state index contributed by atoms with van der Waals surface area (Å²) >= 11 is 0. The van der Waals surface area contributed by atoms with Crippen LogP contribution < -0.4 is 0 Å². The Balaban J connectivity index is 1.99. The molecule has 0 amide bonds. The van der Waals surface area contributed by atoms with Crippen LogP contribution in [-0.2, 0) is 0 Å². The van der Waals surface area contributed by atoms with Gasteiger partial charge in [-0.1, -0.05) is 0 Å². The van der Waals surface area contributed by atoms with Gasteiger partial charge in [0, 0.05) is 0 Å². The van der Waals surface area contributed by atoms with Crippen molar-refractivity contribution >= 4 is 14.7 Å². The molecule has 1 N–H and O–H groups in total. The summed E-state index contributed by atoms with van der Waals surface area (Å²) < 4.78 is 0. The second-order valence-corrected chi connectivity index (χ2v) is 11.9. The van der Waals surface area contributed by atoms with E-state index in [4.69, 9.17) is 0 Å². The van der Waals surface area contributed by atoms with E-state index in [0.717, 1.165) is 6.16 Å². The zero-order valence-corrected chi connectivity index (χ0v) is 14.6. The van der Waals surface area contributed by atoms with Crippen LogP contribution in [0.4, 0.5) is 0 Å². The van der Waals surface area contributed by atoms with Gasteiger partial charge in [-0.05, 0) is 0 Å². The molecule has 2 aromatic rings. The summed E-state index contributed by atoms with van der Waals surface area (Å²) in [6.45, 7) is 1.96. The average molecular weight is 312 g/mol. The van der Waals surface area contributed by atoms with E-state index in [1.54, 1.807) is 0 Å². The quantitative estimate of drug-likeness (QED) is 0.670. The van der Waals surface area contributed by atoms with E-state index >= 15 is 0 Å². The molecule has 1 nitrogen and oxygen atoms in total. The fourth-order valence-corrected chi connectivity index (χ4v) is 10.5. The van der Waals surface area contributed by atoms with E-state index in [1.807, 2.05) is 6.92 Å². The van der Waals surface area contributed by atoms with E-state index < -0.39 is 7.14 Å². The maximum atomic E-state index is 10.1. The van der Waals surface area contributed by atoms with Crippen molar-refractivity contribution in [2.24, 2.45) is 0 Å². The second-order valence-electron chi connectivity index (χ2n) is 7.06. The standard InChI is InChI=1S/C19H26BOP/c1-15(21)14-22(20)18(16-8-4-2-5-9-16)12-13-19(22)17-10-6-3-7-11-17/h2-11,15,18-19,21-22H,12-14,20H2,1H3/t15-,18-,19-/m1/s1. The van der Waals surface area contributed by atoms with Gasteiger partial charge in [-0.15, -0.1) is 0 Å². The van der Waals surface area contributed by atoms with Crippen molar-refractivity contribution in [1.82, 2.24) is 0 Å². The molecule has 0 aromatic heterocycles. The number of benzene rings is 2. The predicted octanol–water partition coefficient (Wildman–Crippen LogP) is 3.94. The van der Waals surface area contributed by atoms with Crippen LogP contribution in [0.3, 0.4) is 0 Å². The summed E-state index contributed by atoms with van der Waals surface area (Å²) in [5, 5.41) is 10.1. The van der Waals surface area contributed by atoms with Crippen molar-refractivity contribution in [3.8, 4) is 0 Å². The Bertz CT molecular complexity index is 552. The topological polar surface area (TPSA) is 20.2 Å². The molecule has 0 spiro atoms. The third-order valence-corrected chi connectivity index (χ3v) is 11.4. The third kappa shape index (κ3) is 3.00. The first kappa shape index (κ1) is 15.8. The van der Waals surface area contributed by atoms with Gasteiger partial charge in [0.2, 0.25) is 0 Å². The molecule has 3 rings (SSSR count). The molecule has 2 aromatic carbocycles. The first-order valence-electron chi connectivity index (χ1n) is 8.39. The molecule has 0 radical (unpaired) electrons. The first-order valence-corrected chi connectivity index (χ1v) is 11.3. The minimum absolute atomic E-state index is 0.202. The van der Waals surface area contributed by atoms with Gasteiger partial charge in [0.05, 0.1) is 0 Å². The van der Waals surface area contributed by atoms with Crippen LogP contribution >= 0.6 is 7.14 Å². The summed E-state index contributed by atoms with van der Waals surface area (Å²) in [5.74, 6) is 0. The van der Waals surface area contributed by atoms with Crippen LogP contribution in [0.5, 0.6) is 0 Å². The number of hydrogen-bond donors (Lipinski definition) is 1. The molecule has 0 saturated carbocycles. The summed E-state index contributed by atoms with van der Waals surface area (Å²) in [7, 11) is 0.876. The van der Waals surface area contributed by atoms with Gasteiger partial charge < -0.3 is 0 Å². The molecule has 1 aliphatic heterocycles. The van der Waals surface area contributed by atoms with Gasteiger partial charge in [0.15, 0.2) is 0 Å². The monoisotopic (exact) mass is 312 g/mol. The molecule has 1 heterocycles. The Labute approximate surface area is 135 Å². The Morgan fingerprint density at radius 1 is 0.955 bits per heavy atom. The van der Waals surface area contributed by atoms with Crippen LogP contribution in [0, 0.1) is 0 Å². The zero-order valence-electron chi connectivity index (χ0n) is 13.6. The van der Waals surface area contributed by atoms with E-state index in [1.165, 1.54) is 24.0 Å². The molecule has 0 bridgehead atoms. The molecule has 0 aliphatic carbocycles. The molecule has 116 valence electrons. The summed E-state index contributed by atoms with van der Waals surface area (Å²) in [4.78, 5) is 0. The van der Waals surface area contributed by atoms with Crippen LogP contribution in [-0.4, -0.2) is 24.9 Å². The van der Waals surface area contributed by atoms with E-state index in [-0.39, 0.29) is 6.10 Å². The van der Waals surface area contributed by atoms with Crippen molar-refractivity contribution in [2.45, 2.75) is 37.2 Å². The van der Waals surface area contributed by atoms with Crippen molar-refractivity contribution in [3.63, 3.8) is 0 Å². The Morgan fingerprint density at radius 3 is 1.73 bits per heavy atom. The zero-order chi connectivity index (χ0) is 15.6. The average Bonchev–Trinajstić information content (AvgIpc) is 2.85. The maximum absolute atomic E-state index is 10.1. The van der Waals surface area contributed by atoms with Crippen molar-refractivity contribution < 1.29 is 5.11 Å². The third-order valence-electron chi connectivity index (χ3n) is 5.48. The molecule has 3 atom stereocenters. The van der Waals surface area contributed by atoms with Crippen LogP contribution in [0.25, 0.3) is 0 Å². The Hall–Kier alpha value is -1.11. The fraction of sp³-hybridized carbons (Fsp3) is 0.368. The predicted molar refractivity (Wildman–Crippen MR) is 101 cm³/mol. The summed E-state index contributed by atoms with van der Waals surface area (Å²) in [6, 6.07) is 21.9. The van der Waals surface area contributed by atoms with Gasteiger partial charge in [-0.3, -0.25) is 0 Å². The van der Waals surface area contributed by atoms with Gasteiger partial charge in [0.1, 0.15) is 0 Å². The number of aliphatic hydroxyl groups is 1. The molecule has 1 saturated heterocycles. The van der Waals surface area contributed by atoms with E-state index in [0.29, 0.717) is 11.3 Å². The number of hydrogen-bond acceptors (Lipinski definition) is 1. The number of aliphatic hydroxyl groups excluding tert-OH is 1. The molecule has 3 heteroatoms. The van der Waals surface area contributed by atoms with E-state index in [9.17, 15) is 5.11 Å². The molecular formula is C19H26BOP. The molecule has 1 fully saturated rings. The van der Waals surface area contributed by atoms with Crippen LogP contribution in [0.1, 0.15) is 42.2 Å². The van der Waals surface area contributed by atoms with Gasteiger partial charge in [-0.25, -0.2) is 0 Å². The summed E-state index contributed by atoms with van der Waals surface area (Å²) in [5.41, 5.74) is 4.29. The second kappa shape index (κ2) is 6.56. The van der Waals surface area contributed by atoms with Crippen molar-refractivity contribution in [1.29, 1.82) is 0 Å². The summed E-state index contributed by atoms with van der Waals surface area (Å²) in [6.07, 6.45) is 3.32. The molecule has 22 heavy (non-hydrogen) atoms. The van der Waals surface area contributed by atoms with Gasteiger partial charge in [0.25, 0.3) is 0 Å². The normalized spacial score (nSPS) is 26.5. The van der Waals surface area contributed by atoms with Crippen LogP contribution in [0.15, 0.2) is 60.7 Å². The van der Waals surface area contributed by atoms with Gasteiger partial charge in [-0.2, -0.15) is 0 Å². The molecule has 0 unspecified atom stereocenters. The van der Waals surface area contributed by atoms with Gasteiger partial charge >= 0.3 is 135 Å². The first-order chi connectivity index (χ1) is 10.6. The molecular weight excluding hydrogens is 286 g/mol.